The van der Waals surface area contributed by atoms with E-state index in [1.165, 1.54) is 244 Å². The van der Waals surface area contributed by atoms with Crippen LogP contribution in [0.25, 0.3) is 0 Å². The van der Waals surface area contributed by atoms with Crippen molar-refractivity contribution in [1.82, 2.24) is 0 Å². The van der Waals surface area contributed by atoms with E-state index in [1.54, 1.807) is 0 Å². The number of aliphatic hydroxyl groups excluding tert-OH is 1. The number of esters is 4. The maximum absolute atomic E-state index is 13.1. The van der Waals surface area contributed by atoms with Gasteiger partial charge in [-0.3, -0.25) is 37.3 Å². The van der Waals surface area contributed by atoms with E-state index in [-0.39, 0.29) is 25.7 Å². The van der Waals surface area contributed by atoms with E-state index in [0.717, 1.165) is 95.8 Å². The summed E-state index contributed by atoms with van der Waals surface area (Å²) in [5.74, 6) is -1.30. The summed E-state index contributed by atoms with van der Waals surface area (Å²) in [5, 5.41) is 10.6. The topological polar surface area (TPSA) is 237 Å². The molecule has 0 aliphatic rings. The minimum Gasteiger partial charge on any atom is -0.462 e. The Labute approximate surface area is 600 Å². The fourth-order valence-corrected chi connectivity index (χ4v) is 13.8. The molecular formula is C79H154O17P2. The first-order valence-corrected chi connectivity index (χ1v) is 44.2. The molecule has 0 aliphatic heterocycles. The summed E-state index contributed by atoms with van der Waals surface area (Å²) in [4.78, 5) is 72.9. The van der Waals surface area contributed by atoms with Crippen LogP contribution in [-0.2, 0) is 65.4 Å². The summed E-state index contributed by atoms with van der Waals surface area (Å²) in [6.07, 6.45) is 62.3. The fourth-order valence-electron chi connectivity index (χ4n) is 12.2. The van der Waals surface area contributed by atoms with Gasteiger partial charge in [-0.15, -0.1) is 0 Å². The number of rotatable bonds is 79. The second-order valence-electron chi connectivity index (χ2n) is 28.7. The highest BCUT2D eigenvalue weighted by Gasteiger charge is 2.30. The summed E-state index contributed by atoms with van der Waals surface area (Å²) in [6, 6.07) is 0. The molecule has 0 bridgehead atoms. The molecular weight excluding hydrogens is 1280 g/mol. The number of hydrogen-bond acceptors (Lipinski definition) is 15. The maximum Gasteiger partial charge on any atom is 0.472 e. The molecule has 0 aliphatic carbocycles. The third-order valence-corrected chi connectivity index (χ3v) is 20.8. The molecule has 0 radical (unpaired) electrons. The average molecular weight is 1440 g/mol. The molecule has 0 aromatic carbocycles. The van der Waals surface area contributed by atoms with Gasteiger partial charge in [0.05, 0.1) is 26.4 Å². The van der Waals surface area contributed by atoms with Crippen LogP contribution in [0.1, 0.15) is 420 Å². The molecule has 98 heavy (non-hydrogen) atoms. The lowest BCUT2D eigenvalue weighted by molar-refractivity contribution is -0.161. The third kappa shape index (κ3) is 71.1. The quantitative estimate of drug-likeness (QED) is 0.0222. The van der Waals surface area contributed by atoms with Crippen LogP contribution in [0.4, 0.5) is 0 Å². The van der Waals surface area contributed by atoms with Gasteiger partial charge < -0.3 is 33.8 Å². The molecule has 582 valence electrons. The Kier molecular flexibility index (Phi) is 70.6. The Morgan fingerprint density at radius 2 is 0.490 bits per heavy atom. The molecule has 3 N–H and O–H groups in total. The van der Waals surface area contributed by atoms with Crippen LogP contribution < -0.4 is 0 Å². The van der Waals surface area contributed by atoms with Crippen LogP contribution in [0.3, 0.4) is 0 Å². The Morgan fingerprint density at radius 1 is 0.286 bits per heavy atom. The smallest absolute Gasteiger partial charge is 0.462 e. The van der Waals surface area contributed by atoms with Gasteiger partial charge in [0.15, 0.2) is 12.2 Å². The van der Waals surface area contributed by atoms with Crippen LogP contribution >= 0.6 is 15.6 Å². The van der Waals surface area contributed by atoms with Crippen molar-refractivity contribution in [2.45, 2.75) is 438 Å². The van der Waals surface area contributed by atoms with E-state index < -0.39 is 97.5 Å². The molecule has 0 aromatic heterocycles. The highest BCUT2D eigenvalue weighted by molar-refractivity contribution is 7.47. The van der Waals surface area contributed by atoms with Gasteiger partial charge in [-0.1, -0.05) is 369 Å². The van der Waals surface area contributed by atoms with E-state index in [1.807, 2.05) is 0 Å². The normalized spacial score (nSPS) is 14.2. The predicted molar refractivity (Wildman–Crippen MR) is 400 cm³/mol. The molecule has 3 unspecified atom stereocenters. The first kappa shape index (κ1) is 96.1. The van der Waals surface area contributed by atoms with Crippen LogP contribution in [0.2, 0.25) is 0 Å². The van der Waals surface area contributed by atoms with Crippen molar-refractivity contribution in [1.29, 1.82) is 0 Å². The van der Waals surface area contributed by atoms with Crippen LogP contribution in [0, 0.1) is 5.92 Å². The van der Waals surface area contributed by atoms with Crippen molar-refractivity contribution in [3.8, 4) is 0 Å². The molecule has 17 nitrogen and oxygen atoms in total. The van der Waals surface area contributed by atoms with Crippen LogP contribution in [0.5, 0.6) is 0 Å². The van der Waals surface area contributed by atoms with Crippen molar-refractivity contribution in [3.05, 3.63) is 0 Å². The second kappa shape index (κ2) is 72.0. The van der Waals surface area contributed by atoms with Gasteiger partial charge in [0.25, 0.3) is 0 Å². The van der Waals surface area contributed by atoms with E-state index in [4.69, 9.17) is 37.0 Å². The van der Waals surface area contributed by atoms with Crippen LogP contribution in [-0.4, -0.2) is 96.7 Å². The van der Waals surface area contributed by atoms with Gasteiger partial charge in [0.1, 0.15) is 19.3 Å². The van der Waals surface area contributed by atoms with Gasteiger partial charge in [0, 0.05) is 25.7 Å². The zero-order chi connectivity index (χ0) is 71.9. The highest BCUT2D eigenvalue weighted by Crippen LogP contribution is 2.45. The van der Waals surface area contributed by atoms with Gasteiger partial charge in [-0.2, -0.15) is 0 Å². The van der Waals surface area contributed by atoms with Crippen molar-refractivity contribution >= 4 is 39.5 Å². The number of carbonyl (C=O) groups is 4. The molecule has 6 atom stereocenters. The van der Waals surface area contributed by atoms with Crippen molar-refractivity contribution < 1.29 is 80.2 Å². The summed E-state index contributed by atoms with van der Waals surface area (Å²) in [5.41, 5.74) is 0. The summed E-state index contributed by atoms with van der Waals surface area (Å²) < 4.78 is 68.7. The Hall–Kier alpha value is -1.94. The molecule has 19 heteroatoms. The lowest BCUT2D eigenvalue weighted by Crippen LogP contribution is -2.30. The lowest BCUT2D eigenvalue weighted by Gasteiger charge is -2.21. The van der Waals surface area contributed by atoms with Gasteiger partial charge in [-0.05, 0) is 31.6 Å². The fraction of sp³-hybridized carbons (Fsp3) is 0.949. The van der Waals surface area contributed by atoms with E-state index >= 15 is 0 Å². The minimum atomic E-state index is -4.96. The minimum absolute atomic E-state index is 0.107. The molecule has 0 saturated heterocycles. The first-order chi connectivity index (χ1) is 47.6. The molecule has 0 heterocycles. The maximum atomic E-state index is 13.1. The standard InChI is InChI=1S/C79H154O17P2/c1-6-10-13-16-19-22-25-27-29-31-33-35-37-43-48-53-58-63-77(82)90-69-75(95-78(83)64-59-54-49-44-38-36-34-32-30-28-26-23-20-17-14-11-7-2)71-94-98(87,88)92-67-73(80)66-91-97(85,86)93-70-74(68-89-76(81)62-57-52-47-42-24-21-18-15-12-8-3)96-79(84)65-60-55-50-45-40-39-41-46-51-56-61-72(5)9-4/h72-75,80H,6-71H2,1-5H3,(H,85,86)(H,87,88)/t72?,73-,74+,75+/m0/s1. The molecule has 0 fully saturated rings. The number of phosphoric ester groups is 2. The molecule has 0 rings (SSSR count). The summed E-state index contributed by atoms with van der Waals surface area (Å²) >= 11 is 0. The second-order valence-corrected chi connectivity index (χ2v) is 31.6. The first-order valence-electron chi connectivity index (χ1n) is 41.2. The third-order valence-electron chi connectivity index (χ3n) is 18.9. The zero-order valence-electron chi connectivity index (χ0n) is 63.9. The SMILES string of the molecule is CCCCCCCCCCCCCCCCCCCC(=O)OC[C@H](COP(=O)(O)OC[C@@H](O)COP(=O)(O)OC[C@@H](COC(=O)CCCCCCCCCCCC)OC(=O)CCCCCCCCCCCCC(C)CC)OC(=O)CCCCCCCCCCCCCCCCCCC. The van der Waals surface area contributed by atoms with Crippen molar-refractivity contribution in [2.24, 2.45) is 5.92 Å². The predicted octanol–water partition coefficient (Wildman–Crippen LogP) is 23.6. The summed E-state index contributed by atoms with van der Waals surface area (Å²) in [7, 11) is -9.91. The number of aliphatic hydroxyl groups is 1. The van der Waals surface area contributed by atoms with Gasteiger partial charge >= 0.3 is 39.5 Å². The van der Waals surface area contributed by atoms with E-state index in [9.17, 15) is 43.2 Å². The zero-order valence-corrected chi connectivity index (χ0v) is 65.7. The average Bonchev–Trinajstić information content (AvgIpc) is 0.977. The number of carbonyl (C=O) groups excluding carboxylic acids is 4. The Bertz CT molecular complexity index is 1880. The monoisotopic (exact) mass is 1440 g/mol. The molecule has 0 spiro atoms. The Balaban J connectivity index is 5.24. The van der Waals surface area contributed by atoms with E-state index in [2.05, 4.69) is 34.6 Å². The molecule has 0 amide bonds. The number of phosphoric acid groups is 2. The highest BCUT2D eigenvalue weighted by atomic mass is 31.2. The lowest BCUT2D eigenvalue weighted by atomic mass is 9.99. The number of unbranched alkanes of at least 4 members (excludes halogenated alkanes) is 50. The van der Waals surface area contributed by atoms with Gasteiger partial charge in [0.2, 0.25) is 0 Å². The van der Waals surface area contributed by atoms with Crippen molar-refractivity contribution in [3.63, 3.8) is 0 Å². The van der Waals surface area contributed by atoms with Gasteiger partial charge in [-0.25, -0.2) is 9.13 Å². The molecule has 0 saturated carbocycles. The Morgan fingerprint density at radius 3 is 0.724 bits per heavy atom. The summed E-state index contributed by atoms with van der Waals surface area (Å²) in [6.45, 7) is 7.34. The van der Waals surface area contributed by atoms with E-state index in [0.29, 0.717) is 25.7 Å². The molecule has 0 aromatic rings. The van der Waals surface area contributed by atoms with Crippen LogP contribution in [0.15, 0.2) is 0 Å². The number of ether oxygens (including phenoxy) is 4. The number of hydrogen-bond donors (Lipinski definition) is 3. The van der Waals surface area contributed by atoms with Crippen molar-refractivity contribution in [2.75, 3.05) is 39.6 Å². The largest absolute Gasteiger partial charge is 0.472 e.